The average Bonchev–Trinajstić information content (AvgIpc) is 2.81. The highest BCUT2D eigenvalue weighted by Crippen LogP contribution is 2.41. The predicted molar refractivity (Wildman–Crippen MR) is 79.2 cm³/mol. The lowest BCUT2D eigenvalue weighted by molar-refractivity contribution is -0.117. The van der Waals surface area contributed by atoms with Gasteiger partial charge in [0.1, 0.15) is 4.38 Å². The molecule has 0 radical (unpaired) electrons. The van der Waals surface area contributed by atoms with Gasteiger partial charge in [0.05, 0.1) is 0 Å². The van der Waals surface area contributed by atoms with E-state index < -0.39 is 0 Å². The van der Waals surface area contributed by atoms with E-state index in [-0.39, 0.29) is 11.2 Å². The van der Waals surface area contributed by atoms with Crippen molar-refractivity contribution in [1.29, 1.82) is 0 Å². The van der Waals surface area contributed by atoms with Crippen molar-refractivity contribution >= 4 is 44.7 Å². The summed E-state index contributed by atoms with van der Waals surface area (Å²) >= 11 is 3.22. The number of carbonyl (C=O) groups excluding carboxylic acids is 1. The molecule has 1 atom stereocenters. The Labute approximate surface area is 113 Å². The van der Waals surface area contributed by atoms with Crippen LogP contribution in [-0.4, -0.2) is 21.5 Å². The standard InChI is InChI=1S/C13H12N2OS2/c1-17-13-15-12(16)6-11(18-13)9-7-14-10-5-3-2-4-8(9)10/h2-5,7,11,14H,6H2,1H3. The highest BCUT2D eigenvalue weighted by Gasteiger charge is 2.25. The number of para-hydroxylation sites is 1. The van der Waals surface area contributed by atoms with E-state index in [9.17, 15) is 4.79 Å². The first-order chi connectivity index (χ1) is 8.78. The molecule has 0 aliphatic carbocycles. The van der Waals surface area contributed by atoms with E-state index in [1.807, 2.05) is 24.6 Å². The first kappa shape index (κ1) is 11.9. The SMILES string of the molecule is CSC1=NC(=O)CC(c2c[nH]c3ccccc23)S1. The second-order valence-electron chi connectivity index (χ2n) is 4.08. The molecule has 1 unspecified atom stereocenters. The molecule has 0 saturated heterocycles. The summed E-state index contributed by atoms with van der Waals surface area (Å²) in [6, 6.07) is 8.18. The molecule has 0 fully saturated rings. The van der Waals surface area contributed by atoms with E-state index in [4.69, 9.17) is 0 Å². The maximum Gasteiger partial charge on any atom is 0.248 e. The van der Waals surface area contributed by atoms with Crippen LogP contribution in [0.25, 0.3) is 10.9 Å². The molecule has 0 saturated carbocycles. The van der Waals surface area contributed by atoms with Crippen LogP contribution in [0, 0.1) is 0 Å². The van der Waals surface area contributed by atoms with Gasteiger partial charge in [-0.25, -0.2) is 0 Å². The molecule has 2 aromatic rings. The Morgan fingerprint density at radius 1 is 1.44 bits per heavy atom. The lowest BCUT2D eigenvalue weighted by Gasteiger charge is -2.18. The third kappa shape index (κ3) is 2.08. The minimum atomic E-state index is -0.0200. The van der Waals surface area contributed by atoms with Crippen LogP contribution in [0.1, 0.15) is 17.2 Å². The van der Waals surface area contributed by atoms with E-state index in [0.717, 1.165) is 9.89 Å². The number of amides is 1. The monoisotopic (exact) mass is 276 g/mol. The zero-order valence-corrected chi connectivity index (χ0v) is 11.5. The zero-order chi connectivity index (χ0) is 12.5. The van der Waals surface area contributed by atoms with Crippen LogP contribution in [0.3, 0.4) is 0 Å². The molecule has 0 spiro atoms. The fourth-order valence-corrected chi connectivity index (χ4v) is 4.00. The van der Waals surface area contributed by atoms with Crippen LogP contribution in [0.15, 0.2) is 35.5 Å². The fourth-order valence-electron chi connectivity index (χ4n) is 2.12. The van der Waals surface area contributed by atoms with Crippen LogP contribution in [0.5, 0.6) is 0 Å². The molecule has 5 heteroatoms. The Hall–Kier alpha value is -1.20. The summed E-state index contributed by atoms with van der Waals surface area (Å²) in [5.74, 6) is -0.0200. The van der Waals surface area contributed by atoms with Gasteiger partial charge in [-0.2, -0.15) is 4.99 Å². The van der Waals surface area contributed by atoms with Crippen molar-refractivity contribution in [3.05, 3.63) is 36.0 Å². The molecular weight excluding hydrogens is 264 g/mol. The second-order valence-corrected chi connectivity index (χ2v) is 6.32. The number of rotatable bonds is 1. The van der Waals surface area contributed by atoms with Gasteiger partial charge in [0.25, 0.3) is 0 Å². The molecule has 92 valence electrons. The van der Waals surface area contributed by atoms with Crippen LogP contribution in [0.2, 0.25) is 0 Å². The van der Waals surface area contributed by atoms with Gasteiger partial charge >= 0.3 is 0 Å². The number of fused-ring (bicyclic) bond motifs is 1. The van der Waals surface area contributed by atoms with Crippen LogP contribution >= 0.6 is 23.5 Å². The molecule has 0 bridgehead atoms. The predicted octanol–water partition coefficient (Wildman–Crippen LogP) is 3.59. The van der Waals surface area contributed by atoms with Gasteiger partial charge in [-0.3, -0.25) is 4.79 Å². The number of hydrogen-bond acceptors (Lipinski definition) is 3. The number of hydrogen-bond donors (Lipinski definition) is 1. The van der Waals surface area contributed by atoms with Gasteiger partial charge in [-0.1, -0.05) is 30.0 Å². The van der Waals surface area contributed by atoms with Crippen molar-refractivity contribution < 1.29 is 4.79 Å². The Balaban J connectivity index is 2.00. The number of H-pyrrole nitrogens is 1. The van der Waals surface area contributed by atoms with Crippen molar-refractivity contribution in [2.45, 2.75) is 11.7 Å². The molecule has 1 N–H and O–H groups in total. The van der Waals surface area contributed by atoms with Gasteiger partial charge in [0, 0.05) is 28.8 Å². The van der Waals surface area contributed by atoms with Crippen molar-refractivity contribution in [2.75, 3.05) is 6.26 Å². The number of thioether (sulfide) groups is 2. The van der Waals surface area contributed by atoms with Crippen LogP contribution < -0.4 is 0 Å². The normalized spacial score (nSPS) is 20.2. The number of aromatic nitrogens is 1. The molecule has 1 aromatic carbocycles. The highest BCUT2D eigenvalue weighted by molar-refractivity contribution is 8.38. The van der Waals surface area contributed by atoms with Crippen LogP contribution in [-0.2, 0) is 4.79 Å². The third-order valence-electron chi connectivity index (χ3n) is 2.96. The first-order valence-electron chi connectivity index (χ1n) is 5.66. The summed E-state index contributed by atoms with van der Waals surface area (Å²) < 4.78 is 0.863. The summed E-state index contributed by atoms with van der Waals surface area (Å²) in [6.07, 6.45) is 4.45. The Bertz CT molecular complexity index is 633. The summed E-state index contributed by atoms with van der Waals surface area (Å²) in [5.41, 5.74) is 2.32. The lowest BCUT2D eigenvalue weighted by atomic mass is 10.1. The summed E-state index contributed by atoms with van der Waals surface area (Å²) in [7, 11) is 0. The second kappa shape index (κ2) is 4.82. The van der Waals surface area contributed by atoms with Gasteiger partial charge in [-0.15, -0.1) is 11.8 Å². The van der Waals surface area contributed by atoms with Crippen molar-refractivity contribution in [1.82, 2.24) is 4.98 Å². The van der Waals surface area contributed by atoms with Crippen molar-refractivity contribution in [2.24, 2.45) is 4.99 Å². The number of carbonyl (C=O) groups is 1. The smallest absolute Gasteiger partial charge is 0.248 e. The minimum Gasteiger partial charge on any atom is -0.361 e. The summed E-state index contributed by atoms with van der Waals surface area (Å²) in [4.78, 5) is 18.9. The van der Waals surface area contributed by atoms with E-state index in [2.05, 4.69) is 22.1 Å². The Morgan fingerprint density at radius 3 is 3.11 bits per heavy atom. The zero-order valence-electron chi connectivity index (χ0n) is 9.84. The summed E-state index contributed by atoms with van der Waals surface area (Å²) in [6.45, 7) is 0. The van der Waals surface area contributed by atoms with Crippen molar-refractivity contribution in [3.63, 3.8) is 0 Å². The van der Waals surface area contributed by atoms with Gasteiger partial charge in [0.15, 0.2) is 0 Å². The highest BCUT2D eigenvalue weighted by atomic mass is 32.2. The molecule has 1 aliphatic heterocycles. The number of aromatic amines is 1. The Kier molecular flexibility index (Phi) is 3.18. The third-order valence-corrected chi connectivity index (χ3v) is 5.19. The average molecular weight is 276 g/mol. The molecule has 1 aromatic heterocycles. The minimum absolute atomic E-state index is 0.0200. The van der Waals surface area contributed by atoms with Gasteiger partial charge in [0.2, 0.25) is 5.91 Å². The quantitative estimate of drug-likeness (QED) is 0.865. The van der Waals surface area contributed by atoms with Gasteiger partial charge < -0.3 is 4.98 Å². The maximum atomic E-state index is 11.6. The van der Waals surface area contributed by atoms with E-state index in [1.165, 1.54) is 22.7 Å². The molecule has 18 heavy (non-hydrogen) atoms. The topological polar surface area (TPSA) is 45.2 Å². The van der Waals surface area contributed by atoms with Crippen molar-refractivity contribution in [3.8, 4) is 0 Å². The number of nitrogens with zero attached hydrogens (tertiary/aromatic N) is 1. The van der Waals surface area contributed by atoms with E-state index >= 15 is 0 Å². The largest absolute Gasteiger partial charge is 0.361 e. The first-order valence-corrected chi connectivity index (χ1v) is 7.76. The van der Waals surface area contributed by atoms with E-state index in [1.54, 1.807) is 11.8 Å². The Morgan fingerprint density at radius 2 is 2.28 bits per heavy atom. The number of benzene rings is 1. The molecule has 1 amide bonds. The maximum absolute atomic E-state index is 11.6. The number of aliphatic imine (C=N–C) groups is 1. The molecular formula is C13H12N2OS2. The van der Waals surface area contributed by atoms with E-state index in [0.29, 0.717) is 6.42 Å². The molecule has 3 nitrogen and oxygen atoms in total. The number of nitrogens with one attached hydrogen (secondary N) is 1. The lowest BCUT2D eigenvalue weighted by Crippen LogP contribution is -2.10. The molecule has 3 rings (SSSR count). The molecule has 1 aliphatic rings. The van der Waals surface area contributed by atoms with Gasteiger partial charge in [-0.05, 0) is 17.9 Å². The fraction of sp³-hybridized carbons (Fsp3) is 0.231. The molecule has 2 heterocycles. The van der Waals surface area contributed by atoms with Crippen LogP contribution in [0.4, 0.5) is 0 Å². The summed E-state index contributed by atoms with van der Waals surface area (Å²) in [5, 5.41) is 1.37.